The lowest BCUT2D eigenvalue weighted by molar-refractivity contribution is -0.368. The molecule has 4 aliphatic heterocycles. The van der Waals surface area contributed by atoms with E-state index in [1.807, 2.05) is 30.3 Å². The van der Waals surface area contributed by atoms with Crippen LogP contribution >= 0.6 is 11.6 Å². The highest BCUT2D eigenvalue weighted by Gasteiger charge is 2.78. The van der Waals surface area contributed by atoms with Crippen LogP contribution in [-0.4, -0.2) is 143 Å². The Bertz CT molecular complexity index is 2610. The van der Waals surface area contributed by atoms with Crippen molar-refractivity contribution in [1.82, 2.24) is 25.3 Å². The fourth-order valence-electron chi connectivity index (χ4n) is 9.63. The summed E-state index contributed by atoms with van der Waals surface area (Å²) in [6.07, 6.45) is 4.16. The number of nitrogens with zero attached hydrogens (tertiary/aromatic N) is 3. The number of hydrogen-bond donors (Lipinski definition) is 6. The van der Waals surface area contributed by atoms with Gasteiger partial charge >= 0.3 is 12.2 Å². The number of piperazine rings is 1. The number of primary amides is 1. The highest BCUT2D eigenvalue weighted by atomic mass is 35.5. The SMILES string of the molecule is COC12C(COC(N)=O)C3=C(C(=O)C(C)=C(N)C3=O)N1CC1C2N1C(=O)OCc1ccc(NC(=O)C(CCCC[NH3+])NC(=O)[C@H](Cc2ccccc2)NC(=O)CCCCCN2C(=O)C=CC2=O)cc1.O=C([O-])CCl. The van der Waals surface area contributed by atoms with Gasteiger partial charge in [-0.1, -0.05) is 48.9 Å². The van der Waals surface area contributed by atoms with Gasteiger partial charge in [0.25, 0.3) is 11.8 Å². The molecule has 5 aliphatic rings. The molecule has 2 fully saturated rings. The number of benzene rings is 2. The van der Waals surface area contributed by atoms with Crippen molar-refractivity contribution in [2.45, 2.75) is 94.8 Å². The molecule has 7 rings (SSSR count). The molecule has 10 N–H and O–H groups in total. The Morgan fingerprint density at radius 3 is 2.16 bits per heavy atom. The summed E-state index contributed by atoms with van der Waals surface area (Å²) in [6, 6.07) is 12.7. The highest BCUT2D eigenvalue weighted by molar-refractivity contribution is 6.26. The number of alkyl halides is 1. The first-order valence-corrected chi connectivity index (χ1v) is 24.5. The van der Waals surface area contributed by atoms with Gasteiger partial charge in [-0.3, -0.25) is 43.4 Å². The summed E-state index contributed by atoms with van der Waals surface area (Å²) in [4.78, 5) is 130. The molecule has 0 bridgehead atoms. The molecular formula is C50H60ClN9O14. The van der Waals surface area contributed by atoms with Crippen molar-refractivity contribution in [2.24, 2.45) is 17.4 Å². The summed E-state index contributed by atoms with van der Waals surface area (Å²) in [5.41, 5.74) is 15.5. The molecule has 7 amide bonds. The fourth-order valence-corrected chi connectivity index (χ4v) is 9.63. The molecule has 0 saturated carbocycles. The summed E-state index contributed by atoms with van der Waals surface area (Å²) in [7, 11) is 1.38. The van der Waals surface area contributed by atoms with Gasteiger partial charge in [0.05, 0.1) is 41.7 Å². The van der Waals surface area contributed by atoms with Crippen molar-refractivity contribution in [3.63, 3.8) is 0 Å². The van der Waals surface area contributed by atoms with E-state index in [1.165, 1.54) is 31.1 Å². The lowest BCUT2D eigenvalue weighted by atomic mass is 9.82. The number of halogens is 1. The summed E-state index contributed by atoms with van der Waals surface area (Å²) >= 11 is 4.67. The van der Waals surface area contributed by atoms with Gasteiger partial charge in [-0.25, -0.2) is 9.59 Å². The number of carbonyl (C=O) groups excluding carboxylic acids is 10. The number of carboxylic acid groups (broad SMARTS) is 1. The number of anilines is 1. The maximum atomic E-state index is 13.9. The van der Waals surface area contributed by atoms with Crippen LogP contribution in [0.4, 0.5) is 15.3 Å². The molecule has 2 aromatic rings. The average molecular weight is 1050 g/mol. The predicted molar refractivity (Wildman–Crippen MR) is 260 cm³/mol. The van der Waals surface area contributed by atoms with Gasteiger partial charge in [-0.2, -0.15) is 0 Å². The molecule has 0 radical (unpaired) electrons. The standard InChI is InChI=1S/C48H57N9O12.C2H3ClO2/c1-27-39(50)42(62)38-31(26-68-46(51)65)48(67-2)43-34(24-56(48)40(38)41(27)61)57(43)47(66)69-25-29-15-17-30(18-16-29)52-44(63)32(13-8-9-21-49)54-45(64)33(23-28-11-5-3-6-12-28)53-35(58)14-7-4-10-22-55-36(59)19-20-37(55)60;3-1-2(4)5/h3,5-6,11-12,15-20,31-34,43H,4,7-10,13-14,21-26,49-50H2,1-2H3,(H2,51,65)(H,52,63)(H,53,58)(H,54,64);1H2,(H,4,5)/t31?,32?,33-,34?,43?,48?,57?;/m0./s1. The van der Waals surface area contributed by atoms with Gasteiger partial charge < -0.3 is 62.2 Å². The van der Waals surface area contributed by atoms with Gasteiger partial charge in [0.15, 0.2) is 5.72 Å². The van der Waals surface area contributed by atoms with E-state index in [0.717, 1.165) is 10.5 Å². The van der Waals surface area contributed by atoms with Gasteiger partial charge in [0, 0.05) is 62.0 Å². The number of nitrogens with one attached hydrogen (secondary N) is 3. The lowest BCUT2D eigenvalue weighted by Crippen LogP contribution is -2.56. The zero-order valence-corrected chi connectivity index (χ0v) is 41.7. The summed E-state index contributed by atoms with van der Waals surface area (Å²) in [6.45, 7) is 1.92. The molecule has 1 aliphatic carbocycles. The number of aliphatic carboxylic acids is 1. The normalized spacial score (nSPS) is 21.0. The Balaban J connectivity index is 0.00000170. The van der Waals surface area contributed by atoms with Crippen LogP contribution in [0.2, 0.25) is 0 Å². The molecule has 23 nitrogen and oxygen atoms in total. The number of carbonyl (C=O) groups is 10. The van der Waals surface area contributed by atoms with Crippen LogP contribution in [0.1, 0.15) is 63.0 Å². The number of nitrogens with two attached hydrogens (primary N) is 2. The van der Waals surface area contributed by atoms with Crippen molar-refractivity contribution in [3.05, 3.63) is 100 Å². The summed E-state index contributed by atoms with van der Waals surface area (Å²) in [5, 5.41) is 17.7. The summed E-state index contributed by atoms with van der Waals surface area (Å²) in [5.74, 6) is -5.78. The van der Waals surface area contributed by atoms with E-state index in [9.17, 15) is 43.2 Å². The number of quaternary nitrogens is 1. The second kappa shape index (κ2) is 24.9. The maximum Gasteiger partial charge on any atom is 0.410 e. The topological polar surface area (TPSA) is 347 Å². The zero-order chi connectivity index (χ0) is 53.9. The van der Waals surface area contributed by atoms with Crippen molar-refractivity contribution in [2.75, 3.05) is 44.5 Å². The Morgan fingerprint density at radius 2 is 1.54 bits per heavy atom. The van der Waals surface area contributed by atoms with Crippen LogP contribution < -0.4 is 38.3 Å². The first-order chi connectivity index (χ1) is 35.4. The molecule has 396 valence electrons. The first kappa shape index (κ1) is 55.7. The third-order valence-electron chi connectivity index (χ3n) is 13.3. The Hall–Kier alpha value is -7.63. The van der Waals surface area contributed by atoms with E-state index in [2.05, 4.69) is 33.3 Å². The number of rotatable bonds is 23. The molecule has 74 heavy (non-hydrogen) atoms. The minimum atomic E-state index is -1.46. The molecule has 24 heteroatoms. The van der Waals surface area contributed by atoms with Gasteiger partial charge in [0.2, 0.25) is 29.3 Å². The van der Waals surface area contributed by atoms with Crippen LogP contribution in [0.15, 0.2) is 89.3 Å². The maximum absolute atomic E-state index is 13.9. The van der Waals surface area contributed by atoms with E-state index >= 15 is 0 Å². The lowest BCUT2D eigenvalue weighted by Gasteiger charge is -2.40. The number of carboxylic acids is 1. The fraction of sp³-hybridized carbons (Fsp3) is 0.440. The average Bonchev–Trinajstić information content (AvgIpc) is 3.72. The number of amides is 7. The predicted octanol–water partition coefficient (Wildman–Crippen LogP) is -0.578. The van der Waals surface area contributed by atoms with Crippen LogP contribution in [0.25, 0.3) is 0 Å². The van der Waals surface area contributed by atoms with Gasteiger partial charge in [-0.05, 0) is 62.3 Å². The van der Waals surface area contributed by atoms with Gasteiger partial charge in [0.1, 0.15) is 31.3 Å². The summed E-state index contributed by atoms with van der Waals surface area (Å²) < 4.78 is 16.9. The number of fused-ring (bicyclic) bond motifs is 4. The largest absolute Gasteiger partial charge is 0.549 e. The second-order valence-corrected chi connectivity index (χ2v) is 18.3. The number of Topliss-reactive ketones (excluding diaryl/α,β-unsaturated/α-hetero) is 2. The third kappa shape index (κ3) is 12.6. The Morgan fingerprint density at radius 1 is 0.865 bits per heavy atom. The smallest absolute Gasteiger partial charge is 0.410 e. The Kier molecular flexibility index (Phi) is 18.7. The van der Waals surface area contributed by atoms with E-state index in [4.69, 9.17) is 35.6 Å². The third-order valence-corrected chi connectivity index (χ3v) is 13.6. The Labute approximate surface area is 430 Å². The monoisotopic (exact) mass is 1050 g/mol. The molecule has 4 heterocycles. The molecule has 2 saturated heterocycles. The molecule has 6 atom stereocenters. The number of imide groups is 1. The highest BCUT2D eigenvalue weighted by Crippen LogP contribution is 2.60. The van der Waals surface area contributed by atoms with Crippen molar-refractivity contribution < 1.29 is 73.0 Å². The quantitative estimate of drug-likeness (QED) is 0.0267. The number of ketones is 2. The molecule has 0 aromatic heterocycles. The van der Waals surface area contributed by atoms with Crippen LogP contribution in [0, 0.1) is 5.92 Å². The number of allylic oxidation sites excluding steroid dienone is 2. The zero-order valence-electron chi connectivity index (χ0n) is 40.9. The minimum absolute atomic E-state index is 0.0349. The molecule has 5 unspecified atom stereocenters. The van der Waals surface area contributed by atoms with Crippen molar-refractivity contribution >= 4 is 76.5 Å². The number of hydrogen-bond acceptors (Lipinski definition) is 16. The first-order valence-electron chi connectivity index (χ1n) is 24.0. The molecule has 0 spiro atoms. The van der Waals surface area contributed by atoms with Crippen LogP contribution in [-0.2, 0) is 65.6 Å². The van der Waals surface area contributed by atoms with E-state index in [0.29, 0.717) is 56.3 Å². The van der Waals surface area contributed by atoms with Crippen molar-refractivity contribution in [1.29, 1.82) is 0 Å². The van der Waals surface area contributed by atoms with Crippen molar-refractivity contribution in [3.8, 4) is 0 Å². The molecular weight excluding hydrogens is 986 g/mol. The van der Waals surface area contributed by atoms with E-state index in [1.54, 1.807) is 29.2 Å². The minimum Gasteiger partial charge on any atom is -0.549 e. The van der Waals surface area contributed by atoms with Crippen LogP contribution in [0.3, 0.4) is 0 Å². The van der Waals surface area contributed by atoms with E-state index < -0.39 is 89.8 Å². The van der Waals surface area contributed by atoms with Crippen LogP contribution in [0.5, 0.6) is 0 Å². The van der Waals surface area contributed by atoms with Gasteiger partial charge in [-0.15, -0.1) is 11.6 Å². The number of methoxy groups -OCH3 is 1. The number of unbranched alkanes of at least 4 members (excludes halogenated alkanes) is 3. The van der Waals surface area contributed by atoms with E-state index in [-0.39, 0.29) is 72.8 Å². The second-order valence-electron chi connectivity index (χ2n) is 18.1. The number of ether oxygens (including phenoxy) is 3. The molecule has 2 aromatic carbocycles.